The van der Waals surface area contributed by atoms with Gasteiger partial charge in [-0.05, 0) is 30.2 Å². The molecule has 0 aliphatic heterocycles. The first-order valence-corrected chi connectivity index (χ1v) is 9.66. The van der Waals surface area contributed by atoms with Gasteiger partial charge in [0.05, 0.1) is 23.4 Å². The fraction of sp³-hybridized carbons (Fsp3) is 0.150. The third kappa shape index (κ3) is 4.08. The Morgan fingerprint density at radius 3 is 2.59 bits per heavy atom. The molecule has 0 radical (unpaired) electrons. The number of anilines is 2. The summed E-state index contributed by atoms with van der Waals surface area (Å²) in [7, 11) is 0. The largest absolute Gasteiger partial charge is 0.372 e. The predicted octanol–water partition coefficient (Wildman–Crippen LogP) is 5.51. The van der Waals surface area contributed by atoms with Crippen LogP contribution >= 0.6 is 22.9 Å². The second kappa shape index (κ2) is 8.00. The van der Waals surface area contributed by atoms with E-state index in [0.29, 0.717) is 24.2 Å². The molecule has 0 atom stereocenters. The summed E-state index contributed by atoms with van der Waals surface area (Å²) >= 11 is 7.75. The van der Waals surface area contributed by atoms with E-state index in [4.69, 9.17) is 16.3 Å². The zero-order valence-electron chi connectivity index (χ0n) is 14.6. The zero-order chi connectivity index (χ0) is 18.6. The van der Waals surface area contributed by atoms with Crippen molar-refractivity contribution in [2.75, 3.05) is 5.32 Å². The summed E-state index contributed by atoms with van der Waals surface area (Å²) in [4.78, 5) is 4.59. The minimum absolute atomic E-state index is 0.378. The van der Waals surface area contributed by atoms with Gasteiger partial charge in [-0.1, -0.05) is 65.4 Å². The Labute approximate surface area is 166 Å². The number of rotatable bonds is 6. The highest BCUT2D eigenvalue weighted by Gasteiger charge is 2.14. The topological polar surface area (TPSA) is 59.9 Å². The van der Waals surface area contributed by atoms with Gasteiger partial charge in [-0.15, -0.1) is 10.2 Å². The van der Waals surface area contributed by atoms with E-state index >= 15 is 0 Å². The molecular weight excluding hydrogens is 380 g/mol. The van der Waals surface area contributed by atoms with Crippen molar-refractivity contribution in [3.8, 4) is 0 Å². The van der Waals surface area contributed by atoms with E-state index in [2.05, 4.69) is 20.5 Å². The van der Waals surface area contributed by atoms with Crippen molar-refractivity contribution in [2.24, 2.45) is 0 Å². The maximum absolute atomic E-state index is 6.18. The Balaban J connectivity index is 1.55. The molecule has 27 heavy (non-hydrogen) atoms. The molecule has 2 heterocycles. The number of thiazole rings is 1. The first-order valence-electron chi connectivity index (χ1n) is 8.46. The van der Waals surface area contributed by atoms with Gasteiger partial charge >= 0.3 is 0 Å². The van der Waals surface area contributed by atoms with E-state index in [1.165, 1.54) is 0 Å². The Hall–Kier alpha value is -2.54. The van der Waals surface area contributed by atoms with Crippen LogP contribution in [-0.4, -0.2) is 15.2 Å². The standard InChI is InChI=1S/C20H17ClN4OS/c1-13-15(12-26-11-14-7-3-2-4-8-14)19(25-24-18(13)21)23-20-22-16-9-5-6-10-17(16)27-20/h2-10H,11-12H2,1H3,(H,22,23,25). The molecule has 4 rings (SSSR count). The van der Waals surface area contributed by atoms with Crippen molar-refractivity contribution in [2.45, 2.75) is 20.1 Å². The molecule has 4 aromatic rings. The molecular formula is C20H17ClN4OS. The molecule has 0 aliphatic rings. The maximum atomic E-state index is 6.18. The summed E-state index contributed by atoms with van der Waals surface area (Å²) in [5.41, 5.74) is 3.79. The number of benzene rings is 2. The van der Waals surface area contributed by atoms with Gasteiger partial charge in [0.15, 0.2) is 16.1 Å². The van der Waals surface area contributed by atoms with Gasteiger partial charge in [-0.3, -0.25) is 0 Å². The summed E-state index contributed by atoms with van der Waals surface area (Å²) in [6.07, 6.45) is 0. The van der Waals surface area contributed by atoms with Crippen LogP contribution in [-0.2, 0) is 18.0 Å². The van der Waals surface area contributed by atoms with Crippen LogP contribution < -0.4 is 5.32 Å². The van der Waals surface area contributed by atoms with E-state index in [1.54, 1.807) is 11.3 Å². The molecule has 0 bridgehead atoms. The van der Waals surface area contributed by atoms with Crippen LogP contribution in [0, 0.1) is 6.92 Å². The summed E-state index contributed by atoms with van der Waals surface area (Å²) in [6, 6.07) is 18.0. The Bertz CT molecular complexity index is 1040. The second-order valence-corrected chi connectivity index (χ2v) is 7.42. The van der Waals surface area contributed by atoms with Crippen LogP contribution in [0.5, 0.6) is 0 Å². The summed E-state index contributed by atoms with van der Waals surface area (Å²) in [5, 5.41) is 12.7. The van der Waals surface area contributed by atoms with E-state index in [-0.39, 0.29) is 0 Å². The van der Waals surface area contributed by atoms with Gasteiger partial charge in [-0.25, -0.2) is 4.98 Å². The van der Waals surface area contributed by atoms with Gasteiger partial charge in [-0.2, -0.15) is 0 Å². The first kappa shape index (κ1) is 17.9. The summed E-state index contributed by atoms with van der Waals surface area (Å²) in [6.45, 7) is 2.81. The lowest BCUT2D eigenvalue weighted by atomic mass is 10.2. The van der Waals surface area contributed by atoms with Gasteiger partial charge in [0.2, 0.25) is 0 Å². The number of para-hydroxylation sites is 1. The highest BCUT2D eigenvalue weighted by atomic mass is 35.5. The van der Waals surface area contributed by atoms with Gasteiger partial charge in [0.1, 0.15) is 0 Å². The number of ether oxygens (including phenoxy) is 1. The van der Waals surface area contributed by atoms with Crippen molar-refractivity contribution in [1.29, 1.82) is 0 Å². The van der Waals surface area contributed by atoms with Crippen LogP contribution in [0.3, 0.4) is 0 Å². The first-order chi connectivity index (χ1) is 13.2. The molecule has 5 nitrogen and oxygen atoms in total. The monoisotopic (exact) mass is 396 g/mol. The van der Waals surface area contributed by atoms with Gasteiger partial charge in [0, 0.05) is 5.56 Å². The molecule has 0 aliphatic carbocycles. The molecule has 2 aromatic carbocycles. The zero-order valence-corrected chi connectivity index (χ0v) is 16.2. The average Bonchev–Trinajstić information content (AvgIpc) is 3.10. The molecule has 2 aromatic heterocycles. The summed E-state index contributed by atoms with van der Waals surface area (Å²) < 4.78 is 7.01. The second-order valence-electron chi connectivity index (χ2n) is 6.03. The van der Waals surface area contributed by atoms with Crippen molar-refractivity contribution < 1.29 is 4.74 Å². The molecule has 0 saturated carbocycles. The molecule has 136 valence electrons. The van der Waals surface area contributed by atoms with Crippen LogP contribution in [0.25, 0.3) is 10.2 Å². The fourth-order valence-corrected chi connectivity index (χ4v) is 3.70. The van der Waals surface area contributed by atoms with Crippen LogP contribution in [0.4, 0.5) is 10.9 Å². The minimum Gasteiger partial charge on any atom is -0.372 e. The van der Waals surface area contributed by atoms with Crippen molar-refractivity contribution in [3.05, 3.63) is 76.4 Å². The average molecular weight is 397 g/mol. The molecule has 0 saturated heterocycles. The summed E-state index contributed by atoms with van der Waals surface area (Å²) in [5.74, 6) is 0.615. The lowest BCUT2D eigenvalue weighted by molar-refractivity contribution is 0.107. The van der Waals surface area contributed by atoms with E-state index in [1.807, 2.05) is 61.5 Å². The molecule has 0 unspecified atom stereocenters. The van der Waals surface area contributed by atoms with E-state index in [0.717, 1.165) is 32.0 Å². The Morgan fingerprint density at radius 2 is 1.78 bits per heavy atom. The highest BCUT2D eigenvalue weighted by Crippen LogP contribution is 2.30. The van der Waals surface area contributed by atoms with E-state index < -0.39 is 0 Å². The fourth-order valence-electron chi connectivity index (χ4n) is 2.68. The maximum Gasteiger partial charge on any atom is 0.189 e. The lowest BCUT2D eigenvalue weighted by Gasteiger charge is -2.13. The number of nitrogens with one attached hydrogen (secondary N) is 1. The number of halogens is 1. The van der Waals surface area contributed by atoms with Crippen LogP contribution in [0.2, 0.25) is 5.15 Å². The van der Waals surface area contributed by atoms with Gasteiger partial charge in [0.25, 0.3) is 0 Å². The molecule has 1 N–H and O–H groups in total. The molecule has 7 heteroatoms. The smallest absolute Gasteiger partial charge is 0.189 e. The third-order valence-corrected chi connectivity index (χ3v) is 5.47. The van der Waals surface area contributed by atoms with Crippen LogP contribution in [0.1, 0.15) is 16.7 Å². The van der Waals surface area contributed by atoms with Crippen molar-refractivity contribution >= 4 is 44.1 Å². The lowest BCUT2D eigenvalue weighted by Crippen LogP contribution is -2.06. The molecule has 0 amide bonds. The SMILES string of the molecule is Cc1c(Cl)nnc(Nc2nc3ccccc3s2)c1COCc1ccccc1. The van der Waals surface area contributed by atoms with Gasteiger partial charge < -0.3 is 10.1 Å². The molecule has 0 spiro atoms. The molecule has 0 fully saturated rings. The van der Waals surface area contributed by atoms with Crippen molar-refractivity contribution in [1.82, 2.24) is 15.2 Å². The van der Waals surface area contributed by atoms with E-state index in [9.17, 15) is 0 Å². The number of hydrogen-bond acceptors (Lipinski definition) is 6. The normalized spacial score (nSPS) is 11.0. The highest BCUT2D eigenvalue weighted by molar-refractivity contribution is 7.22. The predicted molar refractivity (Wildman–Crippen MR) is 110 cm³/mol. The Kier molecular flexibility index (Phi) is 5.29. The van der Waals surface area contributed by atoms with Crippen LogP contribution in [0.15, 0.2) is 54.6 Å². The minimum atomic E-state index is 0.378. The number of aromatic nitrogens is 3. The number of hydrogen-bond donors (Lipinski definition) is 1. The number of fused-ring (bicyclic) bond motifs is 1. The number of nitrogens with zero attached hydrogens (tertiary/aromatic N) is 3. The quantitative estimate of drug-likeness (QED) is 0.465. The Morgan fingerprint density at radius 1 is 1.00 bits per heavy atom. The van der Waals surface area contributed by atoms with Crippen molar-refractivity contribution in [3.63, 3.8) is 0 Å². The third-order valence-electron chi connectivity index (χ3n) is 4.16.